The number of aryl methyl sites for hydroxylation is 1. The van der Waals surface area contributed by atoms with Crippen LogP contribution in [0.25, 0.3) is 0 Å². The van der Waals surface area contributed by atoms with Gasteiger partial charge < -0.3 is 4.57 Å². The molecule has 0 N–H and O–H groups in total. The third-order valence-corrected chi connectivity index (χ3v) is 3.79. The minimum absolute atomic E-state index is 0.0388. The van der Waals surface area contributed by atoms with E-state index in [-0.39, 0.29) is 11.7 Å². The quantitative estimate of drug-likeness (QED) is 0.809. The second-order valence-electron chi connectivity index (χ2n) is 5.18. The summed E-state index contributed by atoms with van der Waals surface area (Å²) in [6.45, 7) is 0.841. The van der Waals surface area contributed by atoms with Crippen molar-refractivity contribution in [3.05, 3.63) is 11.6 Å². The van der Waals surface area contributed by atoms with Gasteiger partial charge in [0.25, 0.3) is 0 Å². The first kappa shape index (κ1) is 11.4. The van der Waals surface area contributed by atoms with Crippen LogP contribution in [0.3, 0.4) is 0 Å². The molecule has 1 aliphatic carbocycles. The van der Waals surface area contributed by atoms with Crippen LogP contribution < -0.4 is 0 Å². The lowest BCUT2D eigenvalue weighted by Crippen LogP contribution is -2.18. The van der Waals surface area contributed by atoms with Gasteiger partial charge in [-0.25, -0.2) is 0 Å². The zero-order valence-corrected chi connectivity index (χ0v) is 10.3. The maximum Gasteiger partial charge on any atom is 0.165 e. The fourth-order valence-corrected chi connectivity index (χ4v) is 2.57. The summed E-state index contributed by atoms with van der Waals surface area (Å²) in [4.78, 5) is 12.1. The molecule has 0 saturated heterocycles. The number of Topliss-reactive ketones (excluding diaryl/α,β-unsaturated/α-hetero) is 1. The second-order valence-corrected chi connectivity index (χ2v) is 5.18. The summed E-state index contributed by atoms with van der Waals surface area (Å²) in [5.41, 5.74) is 0. The minimum atomic E-state index is -0.711. The van der Waals surface area contributed by atoms with Gasteiger partial charge in [0.05, 0.1) is 6.07 Å². The Morgan fingerprint density at radius 1 is 1.33 bits per heavy atom. The van der Waals surface area contributed by atoms with Crippen molar-refractivity contribution in [1.29, 1.82) is 5.26 Å². The summed E-state index contributed by atoms with van der Waals surface area (Å²) in [7, 11) is 0. The summed E-state index contributed by atoms with van der Waals surface area (Å²) >= 11 is 0. The fraction of sp³-hybridized carbons (Fsp3) is 0.692. The number of nitriles is 1. The largest absolute Gasteiger partial charge is 0.313 e. The summed E-state index contributed by atoms with van der Waals surface area (Å²) in [5.74, 6) is 0.930. The Kier molecular flexibility index (Phi) is 2.86. The monoisotopic (exact) mass is 244 g/mol. The van der Waals surface area contributed by atoms with Gasteiger partial charge in [0, 0.05) is 18.9 Å². The molecule has 0 spiro atoms. The van der Waals surface area contributed by atoms with E-state index in [2.05, 4.69) is 16.3 Å². The molecule has 1 saturated carbocycles. The van der Waals surface area contributed by atoms with Crippen LogP contribution in [0, 0.1) is 17.2 Å². The third kappa shape index (κ3) is 1.92. The molecular formula is C13H16N4O. The summed E-state index contributed by atoms with van der Waals surface area (Å²) in [6.07, 6.45) is 6.13. The highest BCUT2D eigenvalue weighted by Gasteiger charge is 2.38. The zero-order valence-electron chi connectivity index (χ0n) is 10.3. The number of rotatable bonds is 3. The van der Waals surface area contributed by atoms with Crippen LogP contribution in [-0.2, 0) is 17.8 Å². The molecule has 2 aliphatic rings. The number of carbonyl (C=O) groups is 1. The Morgan fingerprint density at radius 3 is 2.89 bits per heavy atom. The number of hydrogen-bond acceptors (Lipinski definition) is 4. The van der Waals surface area contributed by atoms with Crippen LogP contribution in [0.5, 0.6) is 0 Å². The van der Waals surface area contributed by atoms with E-state index >= 15 is 0 Å². The first-order chi connectivity index (χ1) is 8.81. The van der Waals surface area contributed by atoms with Crippen LogP contribution in [0.1, 0.15) is 49.7 Å². The highest BCUT2D eigenvalue weighted by atomic mass is 16.1. The van der Waals surface area contributed by atoms with Gasteiger partial charge in [-0.05, 0) is 25.7 Å². The molecule has 94 valence electrons. The zero-order chi connectivity index (χ0) is 12.5. The van der Waals surface area contributed by atoms with E-state index in [0.29, 0.717) is 5.82 Å². The Bertz CT molecular complexity index is 510. The average molecular weight is 244 g/mol. The molecule has 0 radical (unpaired) electrons. The lowest BCUT2D eigenvalue weighted by molar-refractivity contribution is -0.120. The van der Waals surface area contributed by atoms with Gasteiger partial charge in [0.2, 0.25) is 0 Å². The van der Waals surface area contributed by atoms with E-state index in [4.69, 9.17) is 0 Å². The summed E-state index contributed by atoms with van der Waals surface area (Å²) in [6, 6.07) is 2.12. The SMILES string of the molecule is N#C[C@H](C(=O)C1CC1)c1nnc2n1CCCCC2. The van der Waals surface area contributed by atoms with Gasteiger partial charge in [-0.2, -0.15) is 5.26 Å². The average Bonchev–Trinajstić information content (AvgIpc) is 3.18. The van der Waals surface area contributed by atoms with Crippen molar-refractivity contribution in [2.24, 2.45) is 5.92 Å². The molecule has 18 heavy (non-hydrogen) atoms. The molecule has 0 amide bonds. The highest BCUT2D eigenvalue weighted by Crippen LogP contribution is 2.35. The predicted molar refractivity (Wildman–Crippen MR) is 63.7 cm³/mol. The number of hydrogen-bond donors (Lipinski definition) is 0. The lowest BCUT2D eigenvalue weighted by atomic mass is 10.0. The van der Waals surface area contributed by atoms with Crippen molar-refractivity contribution in [3.8, 4) is 6.07 Å². The minimum Gasteiger partial charge on any atom is -0.313 e. The Labute approximate surface area is 106 Å². The van der Waals surface area contributed by atoms with E-state index in [1.165, 1.54) is 6.42 Å². The maximum absolute atomic E-state index is 12.1. The van der Waals surface area contributed by atoms with Crippen molar-refractivity contribution in [2.45, 2.75) is 51.0 Å². The van der Waals surface area contributed by atoms with Gasteiger partial charge in [0.15, 0.2) is 17.5 Å². The number of aromatic nitrogens is 3. The molecule has 1 fully saturated rings. The van der Waals surface area contributed by atoms with E-state index < -0.39 is 5.92 Å². The first-order valence-corrected chi connectivity index (χ1v) is 6.66. The third-order valence-electron chi connectivity index (χ3n) is 3.79. The van der Waals surface area contributed by atoms with E-state index in [1.54, 1.807) is 0 Å². The van der Waals surface area contributed by atoms with Crippen LogP contribution in [0.2, 0.25) is 0 Å². The number of ketones is 1. The highest BCUT2D eigenvalue weighted by molar-refractivity contribution is 5.91. The molecule has 5 nitrogen and oxygen atoms in total. The Morgan fingerprint density at radius 2 is 2.17 bits per heavy atom. The molecule has 1 aromatic heterocycles. The van der Waals surface area contributed by atoms with Crippen molar-refractivity contribution in [3.63, 3.8) is 0 Å². The molecule has 5 heteroatoms. The van der Waals surface area contributed by atoms with Gasteiger partial charge in [-0.1, -0.05) is 6.42 Å². The van der Waals surface area contributed by atoms with Crippen LogP contribution >= 0.6 is 0 Å². The van der Waals surface area contributed by atoms with E-state index in [9.17, 15) is 10.1 Å². The fourth-order valence-electron chi connectivity index (χ4n) is 2.57. The second kappa shape index (κ2) is 4.52. The first-order valence-electron chi connectivity index (χ1n) is 6.66. The molecule has 1 aromatic rings. The van der Waals surface area contributed by atoms with Gasteiger partial charge in [-0.3, -0.25) is 4.79 Å². The molecule has 1 aliphatic heterocycles. The number of fused-ring (bicyclic) bond motifs is 1. The van der Waals surface area contributed by atoms with Gasteiger partial charge in [0.1, 0.15) is 5.82 Å². The van der Waals surface area contributed by atoms with Crippen LogP contribution in [0.4, 0.5) is 0 Å². The Balaban J connectivity index is 1.93. The van der Waals surface area contributed by atoms with Crippen molar-refractivity contribution >= 4 is 5.78 Å². The van der Waals surface area contributed by atoms with E-state index in [1.807, 2.05) is 4.57 Å². The van der Waals surface area contributed by atoms with Crippen molar-refractivity contribution in [2.75, 3.05) is 0 Å². The van der Waals surface area contributed by atoms with E-state index in [0.717, 1.165) is 44.5 Å². The number of nitrogens with zero attached hydrogens (tertiary/aromatic N) is 4. The lowest BCUT2D eigenvalue weighted by Gasteiger charge is -2.10. The molecule has 0 unspecified atom stereocenters. The smallest absolute Gasteiger partial charge is 0.165 e. The molecule has 0 aromatic carbocycles. The van der Waals surface area contributed by atoms with Crippen LogP contribution in [0.15, 0.2) is 0 Å². The molecule has 0 bridgehead atoms. The van der Waals surface area contributed by atoms with Crippen molar-refractivity contribution in [1.82, 2.24) is 14.8 Å². The predicted octanol–water partition coefficient (Wildman–Crippen LogP) is 1.59. The molecule has 2 heterocycles. The topological polar surface area (TPSA) is 71.6 Å². The molecular weight excluding hydrogens is 228 g/mol. The Hall–Kier alpha value is -1.70. The normalized spacial score (nSPS) is 20.6. The molecule has 3 rings (SSSR count). The summed E-state index contributed by atoms with van der Waals surface area (Å²) in [5, 5.41) is 17.5. The van der Waals surface area contributed by atoms with Gasteiger partial charge in [-0.15, -0.1) is 10.2 Å². The number of carbonyl (C=O) groups excluding carboxylic acids is 1. The van der Waals surface area contributed by atoms with Crippen LogP contribution in [-0.4, -0.2) is 20.5 Å². The van der Waals surface area contributed by atoms with Crippen molar-refractivity contribution < 1.29 is 4.79 Å². The molecule has 1 atom stereocenters. The van der Waals surface area contributed by atoms with Gasteiger partial charge >= 0.3 is 0 Å². The standard InChI is InChI=1S/C13H16N4O/c14-8-10(12(18)9-5-6-9)13-16-15-11-4-2-1-3-7-17(11)13/h9-10H,1-7H2/t10-/m1/s1. The maximum atomic E-state index is 12.1. The summed E-state index contributed by atoms with van der Waals surface area (Å²) < 4.78 is 2.00.